The number of aromatic nitrogens is 2. The van der Waals surface area contributed by atoms with Crippen molar-refractivity contribution in [1.29, 1.82) is 0 Å². The van der Waals surface area contributed by atoms with E-state index >= 15 is 0 Å². The molecule has 3 rings (SSSR count). The standard InChI is InChI=1S/C23H30FN3O2S/c1-5-20(22(29)27-12-10-15(2)11-13-27)30-23-25-16(3)19(21(28)26(23)4)14-17-6-8-18(24)9-7-17/h6-9,15,20H,5,10-14H2,1-4H3. The summed E-state index contributed by atoms with van der Waals surface area (Å²) in [5.74, 6) is 0.504. The number of nitrogens with zero attached hydrogens (tertiary/aromatic N) is 3. The van der Waals surface area contributed by atoms with Crippen molar-refractivity contribution in [2.45, 2.75) is 56.9 Å². The van der Waals surface area contributed by atoms with E-state index in [1.807, 2.05) is 18.7 Å². The van der Waals surface area contributed by atoms with Gasteiger partial charge in [0.05, 0.1) is 5.25 Å². The number of amides is 1. The molecule has 1 aliphatic rings. The fourth-order valence-electron chi connectivity index (χ4n) is 3.71. The molecule has 1 saturated heterocycles. The van der Waals surface area contributed by atoms with Gasteiger partial charge in [0.15, 0.2) is 5.16 Å². The summed E-state index contributed by atoms with van der Waals surface area (Å²) in [6.45, 7) is 7.65. The van der Waals surface area contributed by atoms with Gasteiger partial charge in [-0.3, -0.25) is 14.2 Å². The highest BCUT2D eigenvalue weighted by Crippen LogP contribution is 2.27. The van der Waals surface area contributed by atoms with E-state index in [9.17, 15) is 14.0 Å². The largest absolute Gasteiger partial charge is 0.342 e. The van der Waals surface area contributed by atoms with Crippen LogP contribution in [-0.2, 0) is 18.3 Å². The molecule has 1 aliphatic heterocycles. The van der Waals surface area contributed by atoms with Crippen LogP contribution in [0.1, 0.15) is 49.9 Å². The topological polar surface area (TPSA) is 55.2 Å². The Kier molecular flexibility index (Phi) is 7.34. The van der Waals surface area contributed by atoms with Gasteiger partial charge in [0, 0.05) is 37.8 Å². The van der Waals surface area contributed by atoms with E-state index < -0.39 is 0 Å². The molecule has 1 amide bonds. The summed E-state index contributed by atoms with van der Waals surface area (Å²) in [6.07, 6.45) is 3.17. The lowest BCUT2D eigenvalue weighted by molar-refractivity contribution is -0.131. The lowest BCUT2D eigenvalue weighted by Gasteiger charge is -2.32. The molecule has 0 radical (unpaired) electrons. The molecule has 2 heterocycles. The third-order valence-corrected chi connectivity index (χ3v) is 7.23. The number of likely N-dealkylation sites (tertiary alicyclic amines) is 1. The predicted molar refractivity (Wildman–Crippen MR) is 118 cm³/mol. The minimum Gasteiger partial charge on any atom is -0.342 e. The van der Waals surface area contributed by atoms with Crippen LogP contribution < -0.4 is 5.56 Å². The normalized spacial score (nSPS) is 16.0. The quantitative estimate of drug-likeness (QED) is 0.513. The van der Waals surface area contributed by atoms with E-state index in [1.54, 1.807) is 19.2 Å². The van der Waals surface area contributed by atoms with E-state index in [-0.39, 0.29) is 22.5 Å². The number of carbonyl (C=O) groups excluding carboxylic acids is 1. The molecule has 0 bridgehead atoms. The molecule has 2 aromatic rings. The minimum atomic E-state index is -0.299. The number of piperidine rings is 1. The summed E-state index contributed by atoms with van der Waals surface area (Å²) in [7, 11) is 1.70. The van der Waals surface area contributed by atoms with E-state index in [4.69, 9.17) is 0 Å². The molecular formula is C23H30FN3O2S. The zero-order valence-electron chi connectivity index (χ0n) is 18.2. The highest BCUT2D eigenvalue weighted by atomic mass is 32.2. The molecule has 0 N–H and O–H groups in total. The van der Waals surface area contributed by atoms with Gasteiger partial charge in [-0.2, -0.15) is 0 Å². The predicted octanol–water partition coefficient (Wildman–Crippen LogP) is 3.95. The SMILES string of the molecule is CCC(Sc1nc(C)c(Cc2ccc(F)cc2)c(=O)n1C)C(=O)N1CCC(C)CC1. The van der Waals surface area contributed by atoms with Gasteiger partial charge in [-0.15, -0.1) is 0 Å². The van der Waals surface area contributed by atoms with E-state index in [0.717, 1.165) is 31.5 Å². The van der Waals surface area contributed by atoms with Gasteiger partial charge < -0.3 is 4.90 Å². The molecule has 0 aliphatic carbocycles. The Morgan fingerprint density at radius 1 is 1.27 bits per heavy atom. The third kappa shape index (κ3) is 5.12. The van der Waals surface area contributed by atoms with Crippen molar-refractivity contribution < 1.29 is 9.18 Å². The summed E-state index contributed by atoms with van der Waals surface area (Å²) >= 11 is 1.37. The van der Waals surface area contributed by atoms with Gasteiger partial charge in [0.25, 0.3) is 5.56 Å². The van der Waals surface area contributed by atoms with Crippen LogP contribution in [0.15, 0.2) is 34.2 Å². The molecule has 30 heavy (non-hydrogen) atoms. The maximum Gasteiger partial charge on any atom is 0.257 e. The Balaban J connectivity index is 1.79. The number of hydrogen-bond donors (Lipinski definition) is 0. The second kappa shape index (κ2) is 9.77. The number of thioether (sulfide) groups is 1. The smallest absolute Gasteiger partial charge is 0.257 e. The number of carbonyl (C=O) groups is 1. The van der Waals surface area contributed by atoms with Crippen LogP contribution in [0.25, 0.3) is 0 Å². The molecule has 7 heteroatoms. The second-order valence-corrected chi connectivity index (χ2v) is 9.32. The van der Waals surface area contributed by atoms with Crippen LogP contribution in [0, 0.1) is 18.7 Å². The lowest BCUT2D eigenvalue weighted by Crippen LogP contribution is -2.42. The monoisotopic (exact) mass is 431 g/mol. The van der Waals surface area contributed by atoms with Crippen molar-refractivity contribution in [2.75, 3.05) is 13.1 Å². The summed E-state index contributed by atoms with van der Waals surface area (Å²) < 4.78 is 14.7. The fraction of sp³-hybridized carbons (Fsp3) is 0.522. The zero-order chi connectivity index (χ0) is 21.8. The van der Waals surface area contributed by atoms with Crippen LogP contribution in [0.4, 0.5) is 4.39 Å². The Labute approximate surface area is 181 Å². The molecule has 0 saturated carbocycles. The maximum atomic E-state index is 13.2. The molecule has 0 spiro atoms. The summed E-state index contributed by atoms with van der Waals surface area (Å²) in [4.78, 5) is 32.6. The second-order valence-electron chi connectivity index (χ2n) is 8.15. The molecule has 1 fully saturated rings. The minimum absolute atomic E-state index is 0.122. The number of hydrogen-bond acceptors (Lipinski definition) is 4. The van der Waals surface area contributed by atoms with Crippen molar-refractivity contribution in [3.8, 4) is 0 Å². The van der Waals surface area contributed by atoms with Crippen molar-refractivity contribution >= 4 is 17.7 Å². The van der Waals surface area contributed by atoms with Crippen LogP contribution >= 0.6 is 11.8 Å². The zero-order valence-corrected chi connectivity index (χ0v) is 19.0. The van der Waals surface area contributed by atoms with Gasteiger partial charge in [0.1, 0.15) is 5.82 Å². The maximum absolute atomic E-state index is 13.2. The fourth-order valence-corrected chi connectivity index (χ4v) is 4.82. The van der Waals surface area contributed by atoms with E-state index in [0.29, 0.717) is 35.2 Å². The van der Waals surface area contributed by atoms with Crippen LogP contribution in [0.3, 0.4) is 0 Å². The highest BCUT2D eigenvalue weighted by molar-refractivity contribution is 8.00. The molecular weight excluding hydrogens is 401 g/mol. The van der Waals surface area contributed by atoms with Crippen LogP contribution in [-0.4, -0.2) is 38.7 Å². The first-order valence-electron chi connectivity index (χ1n) is 10.6. The molecule has 1 aromatic carbocycles. The van der Waals surface area contributed by atoms with Gasteiger partial charge >= 0.3 is 0 Å². The van der Waals surface area contributed by atoms with Crippen molar-refractivity contribution in [1.82, 2.24) is 14.5 Å². The van der Waals surface area contributed by atoms with Crippen molar-refractivity contribution in [3.05, 3.63) is 57.3 Å². The van der Waals surface area contributed by atoms with Gasteiger partial charge in [0.2, 0.25) is 5.91 Å². The summed E-state index contributed by atoms with van der Waals surface area (Å²) in [5, 5.41) is 0.310. The lowest BCUT2D eigenvalue weighted by atomic mass is 9.99. The Bertz CT molecular complexity index is 950. The van der Waals surface area contributed by atoms with Crippen molar-refractivity contribution in [3.63, 3.8) is 0 Å². The summed E-state index contributed by atoms with van der Waals surface area (Å²) in [5.41, 5.74) is 1.99. The van der Waals surface area contributed by atoms with Gasteiger partial charge in [-0.05, 0) is 49.8 Å². The van der Waals surface area contributed by atoms with Crippen LogP contribution in [0.5, 0.6) is 0 Å². The van der Waals surface area contributed by atoms with E-state index in [1.165, 1.54) is 28.5 Å². The average Bonchev–Trinajstić information content (AvgIpc) is 2.74. The third-order valence-electron chi connectivity index (χ3n) is 5.83. The first kappa shape index (κ1) is 22.5. The highest BCUT2D eigenvalue weighted by Gasteiger charge is 2.28. The molecule has 1 aromatic heterocycles. The summed E-state index contributed by atoms with van der Waals surface area (Å²) in [6, 6.07) is 6.15. The number of aryl methyl sites for hydroxylation is 1. The Morgan fingerprint density at radius 3 is 2.50 bits per heavy atom. The van der Waals surface area contributed by atoms with E-state index in [2.05, 4.69) is 11.9 Å². The van der Waals surface area contributed by atoms with Crippen LogP contribution in [0.2, 0.25) is 0 Å². The molecule has 5 nitrogen and oxygen atoms in total. The number of benzene rings is 1. The molecule has 162 valence electrons. The number of halogens is 1. The molecule has 1 unspecified atom stereocenters. The Morgan fingerprint density at radius 2 is 1.90 bits per heavy atom. The first-order valence-corrected chi connectivity index (χ1v) is 11.4. The Hall–Kier alpha value is -2.15. The number of rotatable bonds is 6. The van der Waals surface area contributed by atoms with Gasteiger partial charge in [-0.25, -0.2) is 9.37 Å². The average molecular weight is 432 g/mol. The van der Waals surface area contributed by atoms with Crippen molar-refractivity contribution in [2.24, 2.45) is 13.0 Å². The molecule has 1 atom stereocenters. The first-order chi connectivity index (χ1) is 14.3. The van der Waals surface area contributed by atoms with Gasteiger partial charge in [-0.1, -0.05) is 37.7 Å².